The zero-order valence-corrected chi connectivity index (χ0v) is 9.55. The van der Waals surface area contributed by atoms with Crippen molar-refractivity contribution >= 4 is 5.78 Å². The second kappa shape index (κ2) is 5.58. The van der Waals surface area contributed by atoms with Gasteiger partial charge in [-0.2, -0.15) is 4.39 Å². The smallest absolute Gasteiger partial charge is 0.204 e. The molecule has 0 saturated carbocycles. The molecule has 0 aliphatic carbocycles. The second-order valence-corrected chi connectivity index (χ2v) is 3.25. The van der Waals surface area contributed by atoms with Gasteiger partial charge in [0.15, 0.2) is 17.3 Å². The molecule has 1 aromatic rings. The third-order valence-electron chi connectivity index (χ3n) is 2.21. The number of Topliss-reactive ketones (excluding diaryl/α,β-unsaturated/α-hetero) is 1. The van der Waals surface area contributed by atoms with Crippen molar-refractivity contribution < 1.29 is 23.0 Å². The van der Waals surface area contributed by atoms with Gasteiger partial charge in [0.1, 0.15) is 0 Å². The van der Waals surface area contributed by atoms with Crippen LogP contribution in [0, 0.1) is 11.6 Å². The van der Waals surface area contributed by atoms with Crippen molar-refractivity contribution in [1.29, 1.82) is 0 Å². The van der Waals surface area contributed by atoms with Gasteiger partial charge in [0, 0.05) is 6.42 Å². The van der Waals surface area contributed by atoms with Gasteiger partial charge in [-0.3, -0.25) is 4.79 Å². The lowest BCUT2D eigenvalue weighted by atomic mass is 10.1. The van der Waals surface area contributed by atoms with E-state index in [2.05, 4.69) is 0 Å². The largest absolute Gasteiger partial charge is 0.492 e. The van der Waals surface area contributed by atoms with Gasteiger partial charge < -0.3 is 15.2 Å². The monoisotopic (exact) mass is 245 g/mol. The Balaban J connectivity index is 3.39. The Labute approximate surface area is 97.3 Å². The second-order valence-electron chi connectivity index (χ2n) is 3.25. The molecule has 94 valence electrons. The molecule has 17 heavy (non-hydrogen) atoms. The minimum Gasteiger partial charge on any atom is -0.492 e. The Kier molecular flexibility index (Phi) is 4.39. The van der Waals surface area contributed by atoms with Crippen LogP contribution in [0.25, 0.3) is 0 Å². The van der Waals surface area contributed by atoms with Crippen LogP contribution in [0.2, 0.25) is 0 Å². The Morgan fingerprint density at radius 3 is 2.35 bits per heavy atom. The van der Waals surface area contributed by atoms with E-state index >= 15 is 0 Å². The quantitative estimate of drug-likeness (QED) is 0.799. The maximum absolute atomic E-state index is 13.4. The van der Waals surface area contributed by atoms with E-state index in [9.17, 15) is 13.6 Å². The molecule has 0 unspecified atom stereocenters. The fourth-order valence-corrected chi connectivity index (χ4v) is 1.44. The summed E-state index contributed by atoms with van der Waals surface area (Å²) in [6.07, 6.45) is 0.0184. The maximum atomic E-state index is 13.4. The van der Waals surface area contributed by atoms with E-state index in [0.29, 0.717) is 0 Å². The van der Waals surface area contributed by atoms with Crippen LogP contribution in [0.3, 0.4) is 0 Å². The van der Waals surface area contributed by atoms with Crippen LogP contribution in [0.1, 0.15) is 16.8 Å². The first-order chi connectivity index (χ1) is 8.06. The summed E-state index contributed by atoms with van der Waals surface area (Å²) in [5.74, 6) is -3.32. The molecule has 0 bridgehead atoms. The van der Waals surface area contributed by atoms with E-state index in [1.807, 2.05) is 0 Å². The molecule has 0 heterocycles. The molecule has 0 radical (unpaired) electrons. The number of nitrogens with two attached hydrogens (primary N) is 1. The highest BCUT2D eigenvalue weighted by Crippen LogP contribution is 2.35. The standard InChI is InChI=1S/C11H13F2NO3/c1-16-10-6(8(15)3-4-14)5-7(12)9(13)11(10)17-2/h5H,3-4,14H2,1-2H3. The summed E-state index contributed by atoms with van der Waals surface area (Å²) in [6.45, 7) is 0.114. The highest BCUT2D eigenvalue weighted by Gasteiger charge is 2.23. The van der Waals surface area contributed by atoms with Crippen molar-refractivity contribution in [2.45, 2.75) is 6.42 Å². The van der Waals surface area contributed by atoms with E-state index < -0.39 is 23.2 Å². The van der Waals surface area contributed by atoms with Gasteiger partial charge in [-0.25, -0.2) is 4.39 Å². The molecule has 4 nitrogen and oxygen atoms in total. The van der Waals surface area contributed by atoms with Crippen molar-refractivity contribution in [3.8, 4) is 11.5 Å². The number of carbonyl (C=O) groups excluding carboxylic acids is 1. The molecule has 0 spiro atoms. The lowest BCUT2D eigenvalue weighted by molar-refractivity contribution is 0.0981. The molecule has 2 N–H and O–H groups in total. The van der Waals surface area contributed by atoms with Crippen LogP contribution in [-0.4, -0.2) is 26.5 Å². The first-order valence-corrected chi connectivity index (χ1v) is 4.90. The Morgan fingerprint density at radius 1 is 1.29 bits per heavy atom. The van der Waals surface area contributed by atoms with E-state index in [-0.39, 0.29) is 24.3 Å². The fourth-order valence-electron chi connectivity index (χ4n) is 1.44. The van der Waals surface area contributed by atoms with Crippen LogP contribution in [0.15, 0.2) is 6.07 Å². The molecule has 0 aliphatic rings. The van der Waals surface area contributed by atoms with Crippen LogP contribution in [0.4, 0.5) is 8.78 Å². The maximum Gasteiger partial charge on any atom is 0.204 e. The molecule has 6 heteroatoms. The van der Waals surface area contributed by atoms with Gasteiger partial charge in [0.05, 0.1) is 19.8 Å². The first kappa shape index (κ1) is 13.4. The van der Waals surface area contributed by atoms with Gasteiger partial charge >= 0.3 is 0 Å². The molecule has 0 aromatic heterocycles. The fraction of sp³-hybridized carbons (Fsp3) is 0.364. The number of ketones is 1. The zero-order valence-electron chi connectivity index (χ0n) is 9.55. The molecular weight excluding hydrogens is 232 g/mol. The highest BCUT2D eigenvalue weighted by molar-refractivity contribution is 5.99. The molecule has 1 rings (SSSR count). The van der Waals surface area contributed by atoms with Crippen LogP contribution < -0.4 is 15.2 Å². The van der Waals surface area contributed by atoms with Gasteiger partial charge in [0.2, 0.25) is 11.6 Å². The lowest BCUT2D eigenvalue weighted by Gasteiger charge is -2.13. The number of hydrogen-bond donors (Lipinski definition) is 1. The van der Waals surface area contributed by atoms with Crippen molar-refractivity contribution in [3.05, 3.63) is 23.3 Å². The average molecular weight is 245 g/mol. The molecule has 0 amide bonds. The predicted molar refractivity (Wildman–Crippen MR) is 57.5 cm³/mol. The number of carbonyl (C=O) groups is 1. The summed E-state index contributed by atoms with van der Waals surface area (Å²) >= 11 is 0. The number of benzene rings is 1. The van der Waals surface area contributed by atoms with Crippen molar-refractivity contribution in [3.63, 3.8) is 0 Å². The summed E-state index contributed by atoms with van der Waals surface area (Å²) in [7, 11) is 2.41. The SMILES string of the molecule is COc1c(C(=O)CCN)cc(F)c(F)c1OC. The Bertz CT molecular complexity index is 435. The van der Waals surface area contributed by atoms with Crippen molar-refractivity contribution in [2.75, 3.05) is 20.8 Å². The molecule has 0 fully saturated rings. The Hall–Kier alpha value is -1.69. The van der Waals surface area contributed by atoms with Gasteiger partial charge in [-0.15, -0.1) is 0 Å². The number of hydrogen-bond acceptors (Lipinski definition) is 4. The molecule has 0 saturated heterocycles. The summed E-state index contributed by atoms with van der Waals surface area (Å²) in [5, 5.41) is 0. The summed E-state index contributed by atoms with van der Waals surface area (Å²) < 4.78 is 36.2. The van der Waals surface area contributed by atoms with Crippen LogP contribution in [0.5, 0.6) is 11.5 Å². The summed E-state index contributed by atoms with van der Waals surface area (Å²) in [6, 6.07) is 0.786. The third kappa shape index (κ3) is 2.52. The van der Waals surface area contributed by atoms with E-state index in [1.54, 1.807) is 0 Å². The minimum absolute atomic E-state index is 0.0184. The predicted octanol–water partition coefficient (Wildman–Crippen LogP) is 1.51. The van der Waals surface area contributed by atoms with Crippen molar-refractivity contribution in [2.24, 2.45) is 5.73 Å². The van der Waals surface area contributed by atoms with Crippen molar-refractivity contribution in [1.82, 2.24) is 0 Å². The molecule has 1 aromatic carbocycles. The van der Waals surface area contributed by atoms with E-state index in [1.165, 1.54) is 7.11 Å². The molecule has 0 aliphatic heterocycles. The Morgan fingerprint density at radius 2 is 1.88 bits per heavy atom. The topological polar surface area (TPSA) is 61.5 Å². The van der Waals surface area contributed by atoms with E-state index in [4.69, 9.17) is 15.2 Å². The number of halogens is 2. The van der Waals surface area contributed by atoms with Crippen LogP contribution in [-0.2, 0) is 0 Å². The van der Waals surface area contributed by atoms with Crippen LogP contribution >= 0.6 is 0 Å². The summed E-state index contributed by atoms with van der Waals surface area (Å²) in [5.41, 5.74) is 5.16. The lowest BCUT2D eigenvalue weighted by Crippen LogP contribution is -2.11. The van der Waals surface area contributed by atoms with Gasteiger partial charge in [-0.05, 0) is 12.6 Å². The minimum atomic E-state index is -1.19. The van der Waals surface area contributed by atoms with Gasteiger partial charge in [-0.1, -0.05) is 0 Å². The average Bonchev–Trinajstić information content (AvgIpc) is 2.32. The normalized spacial score (nSPS) is 10.2. The third-order valence-corrected chi connectivity index (χ3v) is 2.21. The number of ether oxygens (including phenoxy) is 2. The van der Waals surface area contributed by atoms with E-state index in [0.717, 1.165) is 13.2 Å². The van der Waals surface area contributed by atoms with Gasteiger partial charge in [0.25, 0.3) is 0 Å². The molecule has 0 atom stereocenters. The first-order valence-electron chi connectivity index (χ1n) is 4.90. The number of methoxy groups -OCH3 is 2. The number of rotatable bonds is 5. The highest BCUT2D eigenvalue weighted by atomic mass is 19.2. The zero-order chi connectivity index (χ0) is 13.0. The molecular formula is C11H13F2NO3. The summed E-state index contributed by atoms with van der Waals surface area (Å²) in [4.78, 5) is 11.7.